The molecule has 134 valence electrons. The molecule has 0 aliphatic rings. The third-order valence-electron chi connectivity index (χ3n) is 3.88. The monoisotopic (exact) mass is 372 g/mol. The Bertz CT molecular complexity index is 1140. The zero-order valence-electron chi connectivity index (χ0n) is 15.5. The van der Waals surface area contributed by atoms with Gasteiger partial charge < -0.3 is 5.32 Å². The van der Waals surface area contributed by atoms with Crippen LogP contribution in [0.1, 0.15) is 31.9 Å². The summed E-state index contributed by atoms with van der Waals surface area (Å²) in [5, 5.41) is 5.66. The van der Waals surface area contributed by atoms with Crippen molar-refractivity contribution in [3.63, 3.8) is 0 Å². The van der Waals surface area contributed by atoms with Crippen molar-refractivity contribution in [1.29, 1.82) is 0 Å². The first-order valence-electron chi connectivity index (χ1n) is 8.76. The fourth-order valence-electron chi connectivity index (χ4n) is 2.75. The standard InChI is InChI=1S/C22H20N4S/c1-22(2,3)25-21-20(24-19-14-23-11-12-26(19)21)18-13-17(15-27-18)10-9-16-7-5-4-6-8-16/h4-8,11-15,25H,1-3H3. The van der Waals surface area contributed by atoms with E-state index in [1.54, 1.807) is 23.7 Å². The Morgan fingerprint density at radius 2 is 1.85 bits per heavy atom. The lowest BCUT2D eigenvalue weighted by atomic mass is 10.1. The van der Waals surface area contributed by atoms with E-state index in [9.17, 15) is 0 Å². The molecule has 0 radical (unpaired) electrons. The summed E-state index contributed by atoms with van der Waals surface area (Å²) in [5.74, 6) is 7.43. The van der Waals surface area contributed by atoms with Crippen LogP contribution in [0.2, 0.25) is 0 Å². The highest BCUT2D eigenvalue weighted by Gasteiger charge is 2.20. The van der Waals surface area contributed by atoms with Crippen LogP contribution in [0, 0.1) is 11.8 Å². The lowest BCUT2D eigenvalue weighted by molar-refractivity contribution is 0.629. The number of hydrogen-bond donors (Lipinski definition) is 1. The smallest absolute Gasteiger partial charge is 0.157 e. The quantitative estimate of drug-likeness (QED) is 0.500. The van der Waals surface area contributed by atoms with Crippen LogP contribution in [0.3, 0.4) is 0 Å². The summed E-state index contributed by atoms with van der Waals surface area (Å²) in [6.07, 6.45) is 5.49. The highest BCUT2D eigenvalue weighted by Crippen LogP contribution is 2.34. The summed E-state index contributed by atoms with van der Waals surface area (Å²) in [4.78, 5) is 10.1. The first-order valence-corrected chi connectivity index (χ1v) is 9.64. The number of fused-ring (bicyclic) bond motifs is 1. The molecule has 3 heterocycles. The molecule has 4 aromatic rings. The molecule has 1 N–H and O–H groups in total. The zero-order valence-corrected chi connectivity index (χ0v) is 16.3. The SMILES string of the molecule is CC(C)(C)Nc1c(-c2cc(C#Cc3ccccc3)cs2)nc2cnccn12. The van der Waals surface area contributed by atoms with E-state index in [4.69, 9.17) is 4.98 Å². The van der Waals surface area contributed by atoms with E-state index in [0.29, 0.717) is 0 Å². The second-order valence-corrected chi connectivity index (χ2v) is 8.22. The van der Waals surface area contributed by atoms with Gasteiger partial charge >= 0.3 is 0 Å². The van der Waals surface area contributed by atoms with E-state index in [1.165, 1.54) is 0 Å². The molecule has 0 aliphatic heterocycles. The predicted molar refractivity (Wildman–Crippen MR) is 112 cm³/mol. The topological polar surface area (TPSA) is 42.2 Å². The molecule has 0 saturated heterocycles. The van der Waals surface area contributed by atoms with Gasteiger partial charge in [-0.15, -0.1) is 11.3 Å². The van der Waals surface area contributed by atoms with Crippen LogP contribution < -0.4 is 5.32 Å². The molecule has 0 amide bonds. The van der Waals surface area contributed by atoms with Gasteiger partial charge in [0.05, 0.1) is 11.1 Å². The maximum Gasteiger partial charge on any atom is 0.157 e. The third kappa shape index (κ3) is 3.86. The van der Waals surface area contributed by atoms with E-state index in [2.05, 4.69) is 54.4 Å². The predicted octanol–water partition coefficient (Wildman–Crippen LogP) is 5.07. The first-order chi connectivity index (χ1) is 13.0. The molecule has 0 fully saturated rings. The normalized spacial score (nSPS) is 11.2. The van der Waals surface area contributed by atoms with Crippen LogP contribution in [-0.2, 0) is 0 Å². The number of aromatic nitrogens is 3. The van der Waals surface area contributed by atoms with Crippen LogP contribution in [0.4, 0.5) is 5.82 Å². The number of nitrogens with one attached hydrogen (secondary N) is 1. The van der Waals surface area contributed by atoms with Crippen LogP contribution in [-0.4, -0.2) is 19.9 Å². The first kappa shape index (κ1) is 17.3. The van der Waals surface area contributed by atoms with Crippen molar-refractivity contribution in [2.45, 2.75) is 26.3 Å². The molecule has 5 heteroatoms. The molecular weight excluding hydrogens is 352 g/mol. The minimum Gasteiger partial charge on any atom is -0.365 e. The van der Waals surface area contributed by atoms with Gasteiger partial charge in [0, 0.05) is 34.4 Å². The van der Waals surface area contributed by atoms with Gasteiger partial charge in [0.15, 0.2) is 5.65 Å². The van der Waals surface area contributed by atoms with Crippen LogP contribution in [0.25, 0.3) is 16.2 Å². The zero-order chi connectivity index (χ0) is 18.9. The molecule has 27 heavy (non-hydrogen) atoms. The summed E-state index contributed by atoms with van der Waals surface area (Å²) in [6, 6.07) is 12.1. The maximum absolute atomic E-state index is 4.80. The van der Waals surface area contributed by atoms with E-state index in [-0.39, 0.29) is 5.54 Å². The highest BCUT2D eigenvalue weighted by atomic mass is 32.1. The van der Waals surface area contributed by atoms with Gasteiger partial charge in [0.1, 0.15) is 11.5 Å². The summed E-state index contributed by atoms with van der Waals surface area (Å²) in [5.41, 5.74) is 3.68. The van der Waals surface area contributed by atoms with Gasteiger partial charge in [-0.1, -0.05) is 30.0 Å². The lowest BCUT2D eigenvalue weighted by Gasteiger charge is -2.22. The number of nitrogens with zero attached hydrogens (tertiary/aromatic N) is 3. The van der Waals surface area contributed by atoms with Gasteiger partial charge in [0.25, 0.3) is 0 Å². The number of hydrogen-bond acceptors (Lipinski definition) is 4. The van der Waals surface area contributed by atoms with E-state index < -0.39 is 0 Å². The second-order valence-electron chi connectivity index (χ2n) is 7.30. The minimum absolute atomic E-state index is 0.0822. The highest BCUT2D eigenvalue weighted by molar-refractivity contribution is 7.13. The Morgan fingerprint density at radius 3 is 2.63 bits per heavy atom. The van der Waals surface area contributed by atoms with Gasteiger partial charge in [0.2, 0.25) is 0 Å². The van der Waals surface area contributed by atoms with Gasteiger partial charge in [-0.05, 0) is 39.0 Å². The lowest BCUT2D eigenvalue weighted by Crippen LogP contribution is -2.27. The van der Waals surface area contributed by atoms with E-state index in [1.807, 2.05) is 40.9 Å². The number of imidazole rings is 1. The number of benzene rings is 1. The minimum atomic E-state index is -0.0822. The number of rotatable bonds is 2. The molecule has 0 spiro atoms. The molecule has 0 aliphatic carbocycles. The van der Waals surface area contributed by atoms with Gasteiger partial charge in [-0.3, -0.25) is 9.38 Å². The Hall–Kier alpha value is -3.10. The number of thiophene rings is 1. The third-order valence-corrected chi connectivity index (χ3v) is 4.82. The van der Waals surface area contributed by atoms with Crippen molar-refractivity contribution in [3.05, 3.63) is 71.5 Å². The molecule has 0 unspecified atom stereocenters. The molecule has 3 aromatic heterocycles. The Kier molecular flexibility index (Phi) is 4.43. The molecule has 0 bridgehead atoms. The largest absolute Gasteiger partial charge is 0.365 e. The summed E-state index contributed by atoms with van der Waals surface area (Å²) in [7, 11) is 0. The molecular formula is C22H20N4S. The van der Waals surface area contributed by atoms with Crippen molar-refractivity contribution >= 4 is 22.8 Å². The summed E-state index contributed by atoms with van der Waals surface area (Å²) >= 11 is 1.65. The Labute approximate surface area is 162 Å². The second kappa shape index (κ2) is 6.90. The van der Waals surface area contributed by atoms with Crippen molar-refractivity contribution < 1.29 is 0 Å². The van der Waals surface area contributed by atoms with Gasteiger partial charge in [-0.25, -0.2) is 4.98 Å². The van der Waals surface area contributed by atoms with Gasteiger partial charge in [-0.2, -0.15) is 0 Å². The van der Waals surface area contributed by atoms with Crippen molar-refractivity contribution in [3.8, 4) is 22.4 Å². The molecule has 1 aromatic carbocycles. The van der Waals surface area contributed by atoms with Crippen molar-refractivity contribution in [1.82, 2.24) is 14.4 Å². The average Bonchev–Trinajstić information content (AvgIpc) is 3.25. The Morgan fingerprint density at radius 1 is 1.07 bits per heavy atom. The molecule has 0 atom stereocenters. The molecule has 4 nitrogen and oxygen atoms in total. The van der Waals surface area contributed by atoms with Crippen LogP contribution in [0.15, 0.2) is 60.4 Å². The van der Waals surface area contributed by atoms with Crippen LogP contribution >= 0.6 is 11.3 Å². The van der Waals surface area contributed by atoms with Crippen molar-refractivity contribution in [2.75, 3.05) is 5.32 Å². The van der Waals surface area contributed by atoms with E-state index >= 15 is 0 Å². The van der Waals surface area contributed by atoms with Crippen molar-refractivity contribution in [2.24, 2.45) is 0 Å². The summed E-state index contributed by atoms with van der Waals surface area (Å²) in [6.45, 7) is 6.42. The Balaban J connectivity index is 1.74. The molecule has 0 saturated carbocycles. The molecule has 4 rings (SSSR count). The average molecular weight is 372 g/mol. The maximum atomic E-state index is 4.80. The summed E-state index contributed by atoms with van der Waals surface area (Å²) < 4.78 is 2.04. The fraction of sp³-hybridized carbons (Fsp3) is 0.182. The fourth-order valence-corrected chi connectivity index (χ4v) is 3.57. The van der Waals surface area contributed by atoms with E-state index in [0.717, 1.165) is 33.2 Å². The van der Waals surface area contributed by atoms with Crippen LogP contribution in [0.5, 0.6) is 0 Å². The number of anilines is 1.